The van der Waals surface area contributed by atoms with Crippen LogP contribution in [0.2, 0.25) is 0 Å². The average Bonchev–Trinajstić information content (AvgIpc) is 2.29. The molecule has 0 heterocycles. The highest BCUT2D eigenvalue weighted by Crippen LogP contribution is 2.22. The molecule has 0 saturated carbocycles. The summed E-state index contributed by atoms with van der Waals surface area (Å²) in [5.74, 6) is 0. The van der Waals surface area contributed by atoms with E-state index in [1.807, 2.05) is 0 Å². The third kappa shape index (κ3) is 4.56. The van der Waals surface area contributed by atoms with Gasteiger partial charge < -0.3 is 5.32 Å². The van der Waals surface area contributed by atoms with Gasteiger partial charge in [0.15, 0.2) is 0 Å². The van der Waals surface area contributed by atoms with Crippen molar-refractivity contribution in [1.29, 1.82) is 0 Å². The van der Waals surface area contributed by atoms with Crippen molar-refractivity contribution in [2.24, 2.45) is 0 Å². The monoisotopic (exact) mass is 283 g/mol. The second-order valence-corrected chi connectivity index (χ2v) is 5.10. The SMILES string of the molecule is CCCCNc1ccc(Br)cc1CCCC. The summed E-state index contributed by atoms with van der Waals surface area (Å²) in [7, 11) is 0. The first kappa shape index (κ1) is 13.6. The molecule has 1 aromatic rings. The van der Waals surface area contributed by atoms with Crippen LogP contribution in [0.15, 0.2) is 22.7 Å². The van der Waals surface area contributed by atoms with Gasteiger partial charge >= 0.3 is 0 Å². The predicted molar refractivity (Wildman–Crippen MR) is 76.2 cm³/mol. The fraction of sp³-hybridized carbons (Fsp3) is 0.571. The molecule has 1 nitrogen and oxygen atoms in total. The van der Waals surface area contributed by atoms with Crippen LogP contribution in [0.5, 0.6) is 0 Å². The maximum absolute atomic E-state index is 3.54. The van der Waals surface area contributed by atoms with Gasteiger partial charge in [0, 0.05) is 16.7 Å². The maximum Gasteiger partial charge on any atom is 0.0373 e. The van der Waals surface area contributed by atoms with Crippen LogP contribution in [0.4, 0.5) is 5.69 Å². The van der Waals surface area contributed by atoms with Gasteiger partial charge in [-0.3, -0.25) is 0 Å². The number of anilines is 1. The molecule has 0 saturated heterocycles. The highest BCUT2D eigenvalue weighted by Gasteiger charge is 2.02. The molecule has 2 heteroatoms. The molecular formula is C14H22BrN. The molecule has 0 radical (unpaired) electrons. The lowest BCUT2D eigenvalue weighted by atomic mass is 10.1. The molecule has 0 atom stereocenters. The van der Waals surface area contributed by atoms with Crippen molar-refractivity contribution in [2.45, 2.75) is 46.0 Å². The van der Waals surface area contributed by atoms with Gasteiger partial charge in [0.1, 0.15) is 0 Å². The molecule has 0 aromatic heterocycles. The van der Waals surface area contributed by atoms with Gasteiger partial charge in [-0.1, -0.05) is 42.6 Å². The molecule has 0 aliphatic heterocycles. The summed E-state index contributed by atoms with van der Waals surface area (Å²) in [6.07, 6.45) is 6.17. The fourth-order valence-corrected chi connectivity index (χ4v) is 2.12. The Bertz CT molecular complexity index is 310. The minimum atomic E-state index is 1.08. The fourth-order valence-electron chi connectivity index (χ4n) is 1.71. The van der Waals surface area contributed by atoms with Gasteiger partial charge in [0.25, 0.3) is 0 Å². The minimum Gasteiger partial charge on any atom is -0.385 e. The Morgan fingerprint density at radius 3 is 2.56 bits per heavy atom. The Kier molecular flexibility index (Phi) is 6.55. The zero-order chi connectivity index (χ0) is 11.8. The van der Waals surface area contributed by atoms with E-state index in [4.69, 9.17) is 0 Å². The lowest BCUT2D eigenvalue weighted by Gasteiger charge is -2.12. The normalized spacial score (nSPS) is 10.4. The number of unbranched alkanes of at least 4 members (excludes halogenated alkanes) is 2. The number of hydrogen-bond acceptors (Lipinski definition) is 1. The van der Waals surface area contributed by atoms with E-state index in [-0.39, 0.29) is 0 Å². The number of benzene rings is 1. The second kappa shape index (κ2) is 7.72. The van der Waals surface area contributed by atoms with E-state index in [2.05, 4.69) is 53.3 Å². The van der Waals surface area contributed by atoms with E-state index >= 15 is 0 Å². The van der Waals surface area contributed by atoms with Crippen molar-refractivity contribution in [3.8, 4) is 0 Å². The van der Waals surface area contributed by atoms with Crippen LogP contribution < -0.4 is 5.32 Å². The molecule has 90 valence electrons. The summed E-state index contributed by atoms with van der Waals surface area (Å²) in [5, 5.41) is 3.53. The Labute approximate surface area is 108 Å². The predicted octanol–water partition coefficient (Wildman–Crippen LogP) is 5.00. The van der Waals surface area contributed by atoms with Crippen molar-refractivity contribution in [1.82, 2.24) is 0 Å². The van der Waals surface area contributed by atoms with E-state index in [9.17, 15) is 0 Å². The standard InChI is InChI=1S/C14H22BrN/c1-3-5-7-12-11-13(15)8-9-14(12)16-10-6-4-2/h8-9,11,16H,3-7,10H2,1-2H3. The van der Waals surface area contributed by atoms with Gasteiger partial charge in [-0.2, -0.15) is 0 Å². The highest BCUT2D eigenvalue weighted by atomic mass is 79.9. The Hall–Kier alpha value is -0.500. The molecule has 0 aliphatic carbocycles. The topological polar surface area (TPSA) is 12.0 Å². The zero-order valence-electron chi connectivity index (χ0n) is 10.4. The maximum atomic E-state index is 3.54. The third-order valence-electron chi connectivity index (χ3n) is 2.71. The van der Waals surface area contributed by atoms with Crippen LogP contribution >= 0.6 is 15.9 Å². The van der Waals surface area contributed by atoms with Crippen LogP contribution in [-0.2, 0) is 6.42 Å². The Morgan fingerprint density at radius 2 is 1.88 bits per heavy atom. The Morgan fingerprint density at radius 1 is 1.12 bits per heavy atom. The lowest BCUT2D eigenvalue weighted by molar-refractivity contribution is 0.791. The van der Waals surface area contributed by atoms with Crippen LogP contribution in [0.1, 0.15) is 45.1 Å². The zero-order valence-corrected chi connectivity index (χ0v) is 11.9. The van der Waals surface area contributed by atoms with Crippen molar-refractivity contribution >= 4 is 21.6 Å². The highest BCUT2D eigenvalue weighted by molar-refractivity contribution is 9.10. The molecule has 0 aliphatic rings. The molecule has 0 bridgehead atoms. The summed E-state index contributed by atoms with van der Waals surface area (Å²) >= 11 is 3.54. The second-order valence-electron chi connectivity index (χ2n) is 4.19. The van der Waals surface area contributed by atoms with E-state index < -0.39 is 0 Å². The molecule has 1 aromatic carbocycles. The summed E-state index contributed by atoms with van der Waals surface area (Å²) in [6.45, 7) is 5.54. The van der Waals surface area contributed by atoms with Gasteiger partial charge in [0.05, 0.1) is 0 Å². The first-order valence-corrected chi connectivity index (χ1v) is 7.09. The summed E-state index contributed by atoms with van der Waals surface area (Å²) < 4.78 is 1.18. The van der Waals surface area contributed by atoms with E-state index in [0.29, 0.717) is 0 Å². The molecule has 1 rings (SSSR count). The molecule has 0 fully saturated rings. The number of hydrogen-bond donors (Lipinski definition) is 1. The molecule has 0 amide bonds. The van der Waals surface area contributed by atoms with Crippen LogP contribution in [0.3, 0.4) is 0 Å². The first-order chi connectivity index (χ1) is 7.77. The molecule has 0 spiro atoms. The van der Waals surface area contributed by atoms with Crippen molar-refractivity contribution in [3.63, 3.8) is 0 Å². The largest absolute Gasteiger partial charge is 0.385 e. The summed E-state index contributed by atoms with van der Waals surface area (Å²) in [6, 6.07) is 6.54. The van der Waals surface area contributed by atoms with E-state index in [1.54, 1.807) is 0 Å². The number of halogens is 1. The Balaban J connectivity index is 2.64. The summed E-state index contributed by atoms with van der Waals surface area (Å²) in [5.41, 5.74) is 2.75. The van der Waals surface area contributed by atoms with Crippen molar-refractivity contribution in [2.75, 3.05) is 11.9 Å². The lowest BCUT2D eigenvalue weighted by Crippen LogP contribution is -2.04. The minimum absolute atomic E-state index is 1.08. The molecule has 1 N–H and O–H groups in total. The number of aryl methyl sites for hydroxylation is 1. The van der Waals surface area contributed by atoms with Crippen LogP contribution in [0.25, 0.3) is 0 Å². The smallest absolute Gasteiger partial charge is 0.0373 e. The molecular weight excluding hydrogens is 262 g/mol. The van der Waals surface area contributed by atoms with Gasteiger partial charge in [-0.15, -0.1) is 0 Å². The van der Waals surface area contributed by atoms with Gasteiger partial charge in [-0.05, 0) is 43.0 Å². The molecule has 16 heavy (non-hydrogen) atoms. The van der Waals surface area contributed by atoms with Gasteiger partial charge in [0.2, 0.25) is 0 Å². The first-order valence-electron chi connectivity index (χ1n) is 6.30. The van der Waals surface area contributed by atoms with Crippen molar-refractivity contribution in [3.05, 3.63) is 28.2 Å². The number of rotatable bonds is 7. The van der Waals surface area contributed by atoms with Gasteiger partial charge in [-0.25, -0.2) is 0 Å². The van der Waals surface area contributed by atoms with Crippen LogP contribution in [0, 0.1) is 0 Å². The summed E-state index contributed by atoms with van der Waals surface area (Å²) in [4.78, 5) is 0. The van der Waals surface area contributed by atoms with E-state index in [0.717, 1.165) is 6.54 Å². The number of nitrogens with one attached hydrogen (secondary N) is 1. The van der Waals surface area contributed by atoms with Crippen LogP contribution in [-0.4, -0.2) is 6.54 Å². The quantitative estimate of drug-likeness (QED) is 0.694. The molecule has 0 unspecified atom stereocenters. The third-order valence-corrected chi connectivity index (χ3v) is 3.21. The van der Waals surface area contributed by atoms with E-state index in [1.165, 1.54) is 47.8 Å². The average molecular weight is 284 g/mol. The van der Waals surface area contributed by atoms with Crippen molar-refractivity contribution < 1.29 is 0 Å².